The van der Waals surface area contributed by atoms with Crippen molar-refractivity contribution in [1.29, 1.82) is 5.26 Å². The molecule has 8 heteroatoms. The number of halogens is 5. The number of rotatable bonds is 3. The first-order chi connectivity index (χ1) is 8.28. The summed E-state index contributed by atoms with van der Waals surface area (Å²) in [5.41, 5.74) is -0.139. The van der Waals surface area contributed by atoms with E-state index in [-0.39, 0.29) is 16.3 Å². The van der Waals surface area contributed by atoms with Crippen molar-refractivity contribution in [2.24, 2.45) is 0 Å². The molecule has 0 aliphatic heterocycles. The SMILES string of the molecule is N#Cc1ccc(NC(=O)C(F)(F)C(F)F)cc1Cl. The molecule has 1 N–H and O–H groups in total. The lowest BCUT2D eigenvalue weighted by Gasteiger charge is -2.14. The van der Waals surface area contributed by atoms with Gasteiger partial charge < -0.3 is 5.32 Å². The summed E-state index contributed by atoms with van der Waals surface area (Å²) in [5.74, 6) is -6.93. The van der Waals surface area contributed by atoms with Crippen molar-refractivity contribution in [3.8, 4) is 6.07 Å². The van der Waals surface area contributed by atoms with Crippen LogP contribution in [-0.4, -0.2) is 18.3 Å². The van der Waals surface area contributed by atoms with E-state index in [0.717, 1.165) is 12.1 Å². The van der Waals surface area contributed by atoms with Crippen LogP contribution in [0.3, 0.4) is 0 Å². The number of hydrogen-bond acceptors (Lipinski definition) is 2. The number of nitrogens with one attached hydrogen (secondary N) is 1. The van der Waals surface area contributed by atoms with Gasteiger partial charge in [-0.1, -0.05) is 11.6 Å². The predicted octanol–water partition coefficient (Wildman–Crippen LogP) is 3.05. The molecule has 1 rings (SSSR count). The summed E-state index contributed by atoms with van der Waals surface area (Å²) in [6, 6.07) is 4.99. The Balaban J connectivity index is 2.90. The van der Waals surface area contributed by atoms with Crippen molar-refractivity contribution in [3.63, 3.8) is 0 Å². The van der Waals surface area contributed by atoms with Crippen LogP contribution in [0.15, 0.2) is 18.2 Å². The van der Waals surface area contributed by atoms with Crippen molar-refractivity contribution >= 4 is 23.2 Å². The van der Waals surface area contributed by atoms with Gasteiger partial charge in [-0.2, -0.15) is 14.0 Å². The Labute approximate surface area is 104 Å². The van der Waals surface area contributed by atoms with Crippen LogP contribution < -0.4 is 5.32 Å². The van der Waals surface area contributed by atoms with Gasteiger partial charge in [-0.05, 0) is 18.2 Å². The summed E-state index contributed by atoms with van der Waals surface area (Å²) in [5, 5.41) is 10.1. The fourth-order valence-electron chi connectivity index (χ4n) is 0.997. The third-order valence-electron chi connectivity index (χ3n) is 1.92. The number of hydrogen-bond donors (Lipinski definition) is 1. The van der Waals surface area contributed by atoms with Crippen molar-refractivity contribution in [2.75, 3.05) is 5.32 Å². The van der Waals surface area contributed by atoms with E-state index in [1.807, 2.05) is 0 Å². The summed E-state index contributed by atoms with van der Waals surface area (Å²) in [6.45, 7) is 0. The van der Waals surface area contributed by atoms with E-state index in [4.69, 9.17) is 16.9 Å². The van der Waals surface area contributed by atoms with Crippen molar-refractivity contribution in [3.05, 3.63) is 28.8 Å². The zero-order chi connectivity index (χ0) is 13.9. The maximum Gasteiger partial charge on any atom is 0.383 e. The summed E-state index contributed by atoms with van der Waals surface area (Å²) in [6.07, 6.45) is -4.11. The molecule has 1 aromatic carbocycles. The third-order valence-corrected chi connectivity index (χ3v) is 2.24. The zero-order valence-corrected chi connectivity index (χ0v) is 9.31. The number of anilines is 1. The van der Waals surface area contributed by atoms with Crippen LogP contribution in [0.5, 0.6) is 0 Å². The maximum atomic E-state index is 12.6. The molecule has 0 radical (unpaired) electrons. The minimum atomic E-state index is -4.79. The van der Waals surface area contributed by atoms with Gasteiger partial charge in [0.15, 0.2) is 0 Å². The van der Waals surface area contributed by atoms with Gasteiger partial charge >= 0.3 is 18.3 Å². The van der Waals surface area contributed by atoms with Gasteiger partial charge in [0.1, 0.15) is 6.07 Å². The lowest BCUT2D eigenvalue weighted by molar-refractivity contribution is -0.163. The van der Waals surface area contributed by atoms with Crippen LogP contribution in [0.4, 0.5) is 23.2 Å². The Morgan fingerprint density at radius 3 is 2.50 bits per heavy atom. The Hall–Kier alpha value is -1.81. The van der Waals surface area contributed by atoms with E-state index in [1.165, 1.54) is 6.07 Å². The average molecular weight is 281 g/mol. The molecule has 0 atom stereocenters. The standard InChI is InChI=1S/C10H5ClF4N2O/c11-7-3-6(2-1-5(7)4-16)17-9(18)10(14,15)8(12)13/h1-3,8H,(H,17,18). The van der Waals surface area contributed by atoms with E-state index >= 15 is 0 Å². The van der Waals surface area contributed by atoms with Gasteiger partial charge in [-0.3, -0.25) is 4.79 Å². The van der Waals surface area contributed by atoms with Crippen molar-refractivity contribution in [1.82, 2.24) is 0 Å². The molecule has 0 aliphatic rings. The van der Waals surface area contributed by atoms with Crippen LogP contribution in [-0.2, 0) is 4.79 Å². The molecule has 0 aromatic heterocycles. The number of amides is 1. The van der Waals surface area contributed by atoms with Crippen LogP contribution >= 0.6 is 11.6 Å². The number of nitrogens with zero attached hydrogens (tertiary/aromatic N) is 1. The number of alkyl halides is 4. The maximum absolute atomic E-state index is 12.6. The Kier molecular flexibility index (Phi) is 4.14. The Morgan fingerprint density at radius 2 is 2.06 bits per heavy atom. The average Bonchev–Trinajstić information content (AvgIpc) is 2.28. The van der Waals surface area contributed by atoms with Crippen molar-refractivity contribution in [2.45, 2.75) is 12.3 Å². The Morgan fingerprint density at radius 1 is 1.44 bits per heavy atom. The minimum Gasteiger partial charge on any atom is -0.321 e. The molecular formula is C10H5ClF4N2O. The molecule has 1 aromatic rings. The van der Waals surface area contributed by atoms with Gasteiger partial charge in [0, 0.05) is 5.69 Å². The van der Waals surface area contributed by atoms with Crippen LogP contribution in [0.2, 0.25) is 5.02 Å². The van der Waals surface area contributed by atoms with Crippen LogP contribution in [0.25, 0.3) is 0 Å². The van der Waals surface area contributed by atoms with Gasteiger partial charge in [-0.25, -0.2) is 8.78 Å². The van der Waals surface area contributed by atoms with Crippen molar-refractivity contribution < 1.29 is 22.4 Å². The molecule has 96 valence electrons. The van der Waals surface area contributed by atoms with Crippen LogP contribution in [0.1, 0.15) is 5.56 Å². The fraction of sp³-hybridized carbons (Fsp3) is 0.200. The smallest absolute Gasteiger partial charge is 0.321 e. The van der Waals surface area contributed by atoms with E-state index in [1.54, 1.807) is 11.4 Å². The molecule has 18 heavy (non-hydrogen) atoms. The van der Waals surface area contributed by atoms with E-state index < -0.39 is 18.3 Å². The first kappa shape index (κ1) is 14.3. The van der Waals surface area contributed by atoms with Gasteiger partial charge in [0.25, 0.3) is 0 Å². The highest BCUT2D eigenvalue weighted by atomic mass is 35.5. The second-order valence-electron chi connectivity index (χ2n) is 3.18. The zero-order valence-electron chi connectivity index (χ0n) is 8.55. The minimum absolute atomic E-state index is 0.0651. The van der Waals surface area contributed by atoms with Crippen LogP contribution in [0, 0.1) is 11.3 Å². The molecule has 0 saturated carbocycles. The summed E-state index contributed by atoms with van der Waals surface area (Å²) in [7, 11) is 0. The number of benzene rings is 1. The van der Waals surface area contributed by atoms with Gasteiger partial charge in [-0.15, -0.1) is 0 Å². The summed E-state index contributed by atoms with van der Waals surface area (Å²) >= 11 is 5.58. The molecule has 0 heterocycles. The third kappa shape index (κ3) is 2.90. The van der Waals surface area contributed by atoms with E-state index in [0.29, 0.717) is 0 Å². The molecule has 0 bridgehead atoms. The molecule has 0 aliphatic carbocycles. The lowest BCUT2D eigenvalue weighted by atomic mass is 10.2. The monoisotopic (exact) mass is 280 g/mol. The van der Waals surface area contributed by atoms with Gasteiger partial charge in [0.05, 0.1) is 10.6 Å². The number of nitriles is 1. The molecule has 3 nitrogen and oxygen atoms in total. The molecule has 1 amide bonds. The van der Waals surface area contributed by atoms with E-state index in [9.17, 15) is 22.4 Å². The molecular weight excluding hydrogens is 276 g/mol. The molecule has 0 saturated heterocycles. The van der Waals surface area contributed by atoms with Gasteiger partial charge in [0.2, 0.25) is 0 Å². The fourth-order valence-corrected chi connectivity index (χ4v) is 1.22. The molecule has 0 fully saturated rings. The Bertz CT molecular complexity index is 513. The first-order valence-electron chi connectivity index (χ1n) is 4.46. The predicted molar refractivity (Wildman–Crippen MR) is 55.7 cm³/mol. The number of carbonyl (C=O) groups is 1. The number of carbonyl (C=O) groups excluding carboxylic acids is 1. The lowest BCUT2D eigenvalue weighted by Crippen LogP contribution is -2.40. The highest BCUT2D eigenvalue weighted by Crippen LogP contribution is 2.26. The summed E-state index contributed by atoms with van der Waals surface area (Å²) < 4.78 is 49.0. The largest absolute Gasteiger partial charge is 0.383 e. The highest BCUT2D eigenvalue weighted by Gasteiger charge is 2.48. The van der Waals surface area contributed by atoms with E-state index in [2.05, 4.69) is 0 Å². The summed E-state index contributed by atoms with van der Waals surface area (Å²) in [4.78, 5) is 10.9. The first-order valence-corrected chi connectivity index (χ1v) is 4.84. The highest BCUT2D eigenvalue weighted by molar-refractivity contribution is 6.32. The second-order valence-corrected chi connectivity index (χ2v) is 3.59. The second kappa shape index (κ2) is 5.23. The normalized spacial score (nSPS) is 11.2. The molecule has 0 unspecified atom stereocenters. The quantitative estimate of drug-likeness (QED) is 0.865. The topological polar surface area (TPSA) is 52.9 Å². The molecule has 0 spiro atoms.